The Kier molecular flexibility index (Phi) is 6.99. The molecule has 162 valence electrons. The van der Waals surface area contributed by atoms with Crippen LogP contribution in [0.5, 0.6) is 0 Å². The number of aliphatic imine (C=N–C) groups is 1. The second kappa shape index (κ2) is 10.3. The van der Waals surface area contributed by atoms with Crippen molar-refractivity contribution >= 4 is 5.96 Å². The molecule has 1 saturated heterocycles. The number of nitrogens with zero attached hydrogens (tertiary/aromatic N) is 4. The number of rotatable bonds is 6. The largest absolute Gasteiger partial charge is 0.354 e. The summed E-state index contributed by atoms with van der Waals surface area (Å²) in [4.78, 5) is 6.99. The summed E-state index contributed by atoms with van der Waals surface area (Å²) in [5.41, 5.74) is 3.43. The van der Waals surface area contributed by atoms with Gasteiger partial charge >= 0.3 is 0 Å². The average molecular weight is 417 g/mol. The normalized spacial score (nSPS) is 19.9. The summed E-state index contributed by atoms with van der Waals surface area (Å²) in [5.74, 6) is 0.836. The third-order valence-electron chi connectivity index (χ3n) is 5.91. The molecule has 0 aliphatic carbocycles. The van der Waals surface area contributed by atoms with Gasteiger partial charge in [0.1, 0.15) is 0 Å². The summed E-state index contributed by atoms with van der Waals surface area (Å²) >= 11 is 0. The summed E-state index contributed by atoms with van der Waals surface area (Å²) in [7, 11) is 1.83. The fourth-order valence-electron chi connectivity index (χ4n) is 4.15. The van der Waals surface area contributed by atoms with Gasteiger partial charge in [-0.1, -0.05) is 48.5 Å². The third-order valence-corrected chi connectivity index (χ3v) is 5.91. The third kappa shape index (κ3) is 5.73. The first-order chi connectivity index (χ1) is 15.2. The number of benzene rings is 2. The lowest BCUT2D eigenvalue weighted by molar-refractivity contribution is 0.134. The zero-order valence-electron chi connectivity index (χ0n) is 18.4. The Labute approximate surface area is 185 Å². The van der Waals surface area contributed by atoms with E-state index in [9.17, 15) is 0 Å². The highest BCUT2D eigenvalue weighted by molar-refractivity contribution is 5.79. The fourth-order valence-corrected chi connectivity index (χ4v) is 4.15. The summed E-state index contributed by atoms with van der Waals surface area (Å²) in [6, 6.07) is 23.9. The Balaban J connectivity index is 1.26. The van der Waals surface area contributed by atoms with Crippen LogP contribution in [0.3, 0.4) is 0 Å². The van der Waals surface area contributed by atoms with Crippen molar-refractivity contribution in [2.24, 2.45) is 4.99 Å². The molecule has 0 amide bonds. The van der Waals surface area contributed by atoms with Crippen molar-refractivity contribution in [3.05, 3.63) is 84.2 Å². The van der Waals surface area contributed by atoms with Gasteiger partial charge in [-0.3, -0.25) is 9.89 Å². The first-order valence-electron chi connectivity index (χ1n) is 11.1. The lowest BCUT2D eigenvalue weighted by Gasteiger charge is -2.38. The minimum absolute atomic E-state index is 0.426. The van der Waals surface area contributed by atoms with Crippen LogP contribution in [0.1, 0.15) is 31.0 Å². The average Bonchev–Trinajstić information content (AvgIpc) is 3.29. The smallest absolute Gasteiger partial charge is 0.191 e. The van der Waals surface area contributed by atoms with Gasteiger partial charge in [-0.05, 0) is 43.5 Å². The van der Waals surface area contributed by atoms with E-state index in [1.54, 1.807) is 0 Å². The van der Waals surface area contributed by atoms with Gasteiger partial charge in [0.05, 0.1) is 17.9 Å². The second-order valence-electron chi connectivity index (χ2n) is 8.18. The number of nitrogens with one attached hydrogen (secondary N) is 2. The van der Waals surface area contributed by atoms with Gasteiger partial charge in [0.2, 0.25) is 0 Å². The zero-order chi connectivity index (χ0) is 21.5. The van der Waals surface area contributed by atoms with Crippen LogP contribution in [-0.2, 0) is 13.1 Å². The monoisotopic (exact) mass is 416 g/mol. The topological polar surface area (TPSA) is 57.5 Å². The first-order valence-corrected chi connectivity index (χ1v) is 11.1. The molecule has 1 aliphatic heterocycles. The van der Waals surface area contributed by atoms with Crippen LogP contribution >= 0.6 is 0 Å². The predicted molar refractivity (Wildman–Crippen MR) is 126 cm³/mol. The van der Waals surface area contributed by atoms with Gasteiger partial charge in [-0.25, -0.2) is 4.68 Å². The standard InChI is InChI=1S/C25H32N6/c1-20-17-22(13-15-30(20)19-21-9-5-3-6-10-21)28-25(26-2)27-18-23-14-16-31(29-23)24-11-7-4-8-12-24/h3-12,14,16,20,22H,13,15,17-19H2,1-2H3,(H2,26,27,28). The maximum atomic E-state index is 4.66. The molecule has 1 fully saturated rings. The number of aromatic nitrogens is 2. The Hall–Kier alpha value is -3.12. The van der Waals surface area contributed by atoms with Crippen molar-refractivity contribution < 1.29 is 0 Å². The molecule has 4 rings (SSSR count). The van der Waals surface area contributed by atoms with Crippen LogP contribution in [0.25, 0.3) is 5.69 Å². The van der Waals surface area contributed by atoms with E-state index in [0.717, 1.165) is 43.3 Å². The molecular formula is C25H32N6. The van der Waals surface area contributed by atoms with E-state index in [-0.39, 0.29) is 0 Å². The summed E-state index contributed by atoms with van der Waals surface area (Å²) in [5, 5.41) is 11.7. The van der Waals surface area contributed by atoms with E-state index in [1.807, 2.05) is 42.2 Å². The van der Waals surface area contributed by atoms with Crippen molar-refractivity contribution in [2.45, 2.75) is 44.9 Å². The van der Waals surface area contributed by atoms with E-state index in [0.29, 0.717) is 18.6 Å². The van der Waals surface area contributed by atoms with Crippen LogP contribution < -0.4 is 10.6 Å². The predicted octanol–water partition coefficient (Wildman–Crippen LogP) is 3.59. The molecule has 2 aromatic carbocycles. The van der Waals surface area contributed by atoms with Gasteiger partial charge in [-0.2, -0.15) is 5.10 Å². The van der Waals surface area contributed by atoms with Gasteiger partial charge in [0.25, 0.3) is 0 Å². The summed E-state index contributed by atoms with van der Waals surface area (Å²) < 4.78 is 1.90. The second-order valence-corrected chi connectivity index (χ2v) is 8.18. The summed E-state index contributed by atoms with van der Waals surface area (Å²) in [6.45, 7) is 5.07. The number of hydrogen-bond donors (Lipinski definition) is 2. The van der Waals surface area contributed by atoms with Crippen molar-refractivity contribution in [3.63, 3.8) is 0 Å². The minimum atomic E-state index is 0.426. The van der Waals surface area contributed by atoms with Crippen molar-refractivity contribution in [1.29, 1.82) is 0 Å². The molecule has 2 unspecified atom stereocenters. The minimum Gasteiger partial charge on any atom is -0.354 e. The maximum Gasteiger partial charge on any atom is 0.191 e. The first kappa shape index (κ1) is 21.1. The van der Waals surface area contributed by atoms with Crippen LogP contribution in [0.2, 0.25) is 0 Å². The van der Waals surface area contributed by atoms with E-state index in [2.05, 4.69) is 75.0 Å². The molecule has 1 aromatic heterocycles. The van der Waals surface area contributed by atoms with Gasteiger partial charge in [-0.15, -0.1) is 0 Å². The van der Waals surface area contributed by atoms with Crippen molar-refractivity contribution in [3.8, 4) is 5.69 Å². The summed E-state index contributed by atoms with van der Waals surface area (Å²) in [6.07, 6.45) is 4.21. The fraction of sp³-hybridized carbons (Fsp3) is 0.360. The van der Waals surface area contributed by atoms with E-state index < -0.39 is 0 Å². The molecule has 2 N–H and O–H groups in total. The molecule has 6 nitrogen and oxygen atoms in total. The van der Waals surface area contributed by atoms with Crippen LogP contribution in [0.15, 0.2) is 77.9 Å². The number of para-hydroxylation sites is 1. The Bertz CT molecular complexity index is 966. The van der Waals surface area contributed by atoms with Crippen molar-refractivity contribution in [2.75, 3.05) is 13.6 Å². The molecule has 3 aromatic rings. The molecule has 0 radical (unpaired) electrons. The highest BCUT2D eigenvalue weighted by atomic mass is 15.3. The Morgan fingerprint density at radius 2 is 1.81 bits per heavy atom. The zero-order valence-corrected chi connectivity index (χ0v) is 18.4. The van der Waals surface area contributed by atoms with Crippen molar-refractivity contribution in [1.82, 2.24) is 25.3 Å². The molecule has 31 heavy (non-hydrogen) atoms. The lowest BCUT2D eigenvalue weighted by Crippen LogP contribution is -2.51. The number of guanidine groups is 1. The molecule has 6 heteroatoms. The molecular weight excluding hydrogens is 384 g/mol. The number of likely N-dealkylation sites (tertiary alicyclic amines) is 1. The maximum absolute atomic E-state index is 4.66. The Morgan fingerprint density at radius 1 is 1.06 bits per heavy atom. The van der Waals surface area contributed by atoms with Crippen LogP contribution in [0.4, 0.5) is 0 Å². The molecule has 2 atom stereocenters. The molecule has 1 aliphatic rings. The van der Waals surface area contributed by atoms with E-state index in [1.165, 1.54) is 5.56 Å². The molecule has 0 spiro atoms. The molecule has 0 saturated carbocycles. The highest BCUT2D eigenvalue weighted by Gasteiger charge is 2.26. The van der Waals surface area contributed by atoms with Crippen LogP contribution in [-0.4, -0.2) is 46.3 Å². The number of hydrogen-bond acceptors (Lipinski definition) is 3. The van der Waals surface area contributed by atoms with E-state index in [4.69, 9.17) is 0 Å². The van der Waals surface area contributed by atoms with Crippen LogP contribution in [0, 0.1) is 0 Å². The highest BCUT2D eigenvalue weighted by Crippen LogP contribution is 2.20. The van der Waals surface area contributed by atoms with Gasteiger partial charge < -0.3 is 10.6 Å². The number of piperidine rings is 1. The van der Waals surface area contributed by atoms with E-state index >= 15 is 0 Å². The SMILES string of the molecule is CN=C(NCc1ccn(-c2ccccc2)n1)NC1CCN(Cc2ccccc2)C(C)C1. The van der Waals surface area contributed by atoms with Gasteiger partial charge in [0, 0.05) is 38.4 Å². The molecule has 2 heterocycles. The quantitative estimate of drug-likeness (QED) is 0.476. The van der Waals surface area contributed by atoms with Gasteiger partial charge in [0.15, 0.2) is 5.96 Å². The molecule has 0 bridgehead atoms. The Morgan fingerprint density at radius 3 is 2.52 bits per heavy atom. The lowest BCUT2D eigenvalue weighted by atomic mass is 9.97.